The molecule has 0 spiro atoms. The molecule has 1 aliphatic rings. The standard InChI is InChI=1S/C25H20ClF6N3O2/c1-34-20(14-21(33-34)25(30,31)32)17-6-4-15(3-2-8-35-9-11-37-12-10-35)22(23(17)36)16-5-7-19(26)18(13-16)24(27,28)29/h4-7,13-14,36H,8-12H2,1H3. The Morgan fingerprint density at radius 3 is 2.35 bits per heavy atom. The maximum Gasteiger partial charge on any atom is 0.435 e. The van der Waals surface area contributed by atoms with Crippen molar-refractivity contribution >= 4 is 11.6 Å². The highest BCUT2D eigenvalue weighted by Crippen LogP contribution is 2.44. The third kappa shape index (κ3) is 5.87. The number of nitrogens with zero attached hydrogens (tertiary/aromatic N) is 3. The van der Waals surface area contributed by atoms with E-state index in [2.05, 4.69) is 16.9 Å². The van der Waals surface area contributed by atoms with E-state index in [0.29, 0.717) is 32.8 Å². The topological polar surface area (TPSA) is 50.5 Å². The average molecular weight is 544 g/mol. The molecule has 196 valence electrons. The number of hydrogen-bond donors (Lipinski definition) is 1. The number of morpholine rings is 1. The number of hydrogen-bond acceptors (Lipinski definition) is 4. The van der Waals surface area contributed by atoms with Gasteiger partial charge in [-0.05, 0) is 35.9 Å². The summed E-state index contributed by atoms with van der Waals surface area (Å²) >= 11 is 5.77. The zero-order valence-corrected chi connectivity index (χ0v) is 20.1. The van der Waals surface area contributed by atoms with Gasteiger partial charge in [0.25, 0.3) is 0 Å². The van der Waals surface area contributed by atoms with Gasteiger partial charge in [0.1, 0.15) is 5.75 Å². The molecule has 0 unspecified atom stereocenters. The van der Waals surface area contributed by atoms with Crippen LogP contribution < -0.4 is 0 Å². The molecule has 2 heterocycles. The molecule has 1 aliphatic heterocycles. The van der Waals surface area contributed by atoms with Crippen LogP contribution in [0.2, 0.25) is 5.02 Å². The van der Waals surface area contributed by atoms with Gasteiger partial charge in [0.05, 0.1) is 36.0 Å². The van der Waals surface area contributed by atoms with Crippen LogP contribution in [0, 0.1) is 11.8 Å². The number of aromatic nitrogens is 2. The summed E-state index contributed by atoms with van der Waals surface area (Å²) in [6, 6.07) is 6.66. The number of phenolic OH excluding ortho intramolecular Hbond substituents is 1. The molecule has 37 heavy (non-hydrogen) atoms. The minimum absolute atomic E-state index is 0.0510. The van der Waals surface area contributed by atoms with Gasteiger partial charge < -0.3 is 9.84 Å². The second-order valence-electron chi connectivity index (χ2n) is 8.30. The first kappa shape index (κ1) is 26.9. The smallest absolute Gasteiger partial charge is 0.435 e. The lowest BCUT2D eigenvalue weighted by atomic mass is 9.93. The first-order valence-corrected chi connectivity index (χ1v) is 11.4. The van der Waals surface area contributed by atoms with Crippen molar-refractivity contribution in [2.45, 2.75) is 12.4 Å². The van der Waals surface area contributed by atoms with E-state index in [1.807, 2.05) is 4.90 Å². The molecule has 0 bridgehead atoms. The number of halogens is 7. The Hall–Kier alpha value is -3.20. The van der Waals surface area contributed by atoms with Gasteiger partial charge in [-0.3, -0.25) is 9.58 Å². The second-order valence-corrected chi connectivity index (χ2v) is 8.71. The number of ether oxygens (including phenoxy) is 1. The summed E-state index contributed by atoms with van der Waals surface area (Å²) < 4.78 is 86.5. The number of benzene rings is 2. The second kappa shape index (κ2) is 10.3. The molecular formula is C25H20ClF6N3O2. The van der Waals surface area contributed by atoms with Crippen LogP contribution in [0.15, 0.2) is 36.4 Å². The SMILES string of the molecule is Cn1nc(C(F)(F)F)cc1-c1ccc(C#CCN2CCOCC2)c(-c2ccc(Cl)c(C(F)(F)F)c2)c1O. The van der Waals surface area contributed by atoms with Gasteiger partial charge in [-0.1, -0.05) is 29.5 Å². The van der Waals surface area contributed by atoms with E-state index in [1.54, 1.807) is 0 Å². The summed E-state index contributed by atoms with van der Waals surface area (Å²) in [7, 11) is 1.27. The van der Waals surface area contributed by atoms with Crippen molar-refractivity contribution in [3.05, 3.63) is 58.2 Å². The molecule has 0 amide bonds. The fourth-order valence-electron chi connectivity index (χ4n) is 3.96. The molecule has 1 saturated heterocycles. The lowest BCUT2D eigenvalue weighted by Gasteiger charge is -2.24. The Morgan fingerprint density at radius 2 is 1.73 bits per heavy atom. The number of aromatic hydroxyl groups is 1. The molecule has 1 aromatic heterocycles. The van der Waals surface area contributed by atoms with E-state index in [1.165, 1.54) is 25.2 Å². The maximum atomic E-state index is 13.6. The Labute approximate surface area is 213 Å². The van der Waals surface area contributed by atoms with Crippen LogP contribution in [0.1, 0.15) is 16.8 Å². The third-order valence-electron chi connectivity index (χ3n) is 5.81. The molecule has 1 N–H and O–H groups in total. The van der Waals surface area contributed by atoms with Gasteiger partial charge in [-0.15, -0.1) is 0 Å². The summed E-state index contributed by atoms with van der Waals surface area (Å²) in [5.41, 5.74) is -2.35. The molecule has 0 radical (unpaired) electrons. The third-order valence-corrected chi connectivity index (χ3v) is 6.14. The van der Waals surface area contributed by atoms with Crippen LogP contribution in [0.25, 0.3) is 22.4 Å². The van der Waals surface area contributed by atoms with Gasteiger partial charge in [0.2, 0.25) is 0 Å². The number of rotatable bonds is 3. The Morgan fingerprint density at radius 1 is 1.03 bits per heavy atom. The minimum Gasteiger partial charge on any atom is -0.507 e. The molecule has 2 aromatic carbocycles. The quantitative estimate of drug-likeness (QED) is 0.333. The van der Waals surface area contributed by atoms with Crippen molar-refractivity contribution in [3.63, 3.8) is 0 Å². The molecule has 0 saturated carbocycles. The highest BCUT2D eigenvalue weighted by molar-refractivity contribution is 6.31. The summed E-state index contributed by atoms with van der Waals surface area (Å²) in [4.78, 5) is 2.03. The lowest BCUT2D eigenvalue weighted by molar-refractivity contribution is -0.141. The van der Waals surface area contributed by atoms with E-state index in [-0.39, 0.29) is 27.9 Å². The van der Waals surface area contributed by atoms with E-state index in [4.69, 9.17) is 16.3 Å². The monoisotopic (exact) mass is 543 g/mol. The largest absolute Gasteiger partial charge is 0.507 e. The van der Waals surface area contributed by atoms with Gasteiger partial charge in [-0.2, -0.15) is 31.4 Å². The van der Waals surface area contributed by atoms with Crippen molar-refractivity contribution in [2.24, 2.45) is 7.05 Å². The van der Waals surface area contributed by atoms with E-state index >= 15 is 0 Å². The molecule has 12 heteroatoms. The van der Waals surface area contributed by atoms with Crippen LogP contribution in [0.3, 0.4) is 0 Å². The Balaban J connectivity index is 1.86. The van der Waals surface area contributed by atoms with Gasteiger partial charge in [0, 0.05) is 36.8 Å². The highest BCUT2D eigenvalue weighted by Gasteiger charge is 2.36. The molecule has 1 fully saturated rings. The first-order valence-electron chi connectivity index (χ1n) is 11.0. The van der Waals surface area contributed by atoms with Gasteiger partial charge in [-0.25, -0.2) is 0 Å². The predicted molar refractivity (Wildman–Crippen MR) is 125 cm³/mol. The van der Waals surface area contributed by atoms with Crippen molar-refractivity contribution in [1.82, 2.24) is 14.7 Å². The van der Waals surface area contributed by atoms with Gasteiger partial charge >= 0.3 is 12.4 Å². The number of phenols is 1. The molecule has 4 rings (SSSR count). The molecular weight excluding hydrogens is 524 g/mol. The van der Waals surface area contributed by atoms with Crippen molar-refractivity contribution < 1.29 is 36.2 Å². The molecule has 0 aliphatic carbocycles. The number of alkyl halides is 6. The van der Waals surface area contributed by atoms with Crippen LogP contribution in [0.5, 0.6) is 5.75 Å². The van der Waals surface area contributed by atoms with E-state index in [9.17, 15) is 31.4 Å². The zero-order chi connectivity index (χ0) is 27.0. The zero-order valence-electron chi connectivity index (χ0n) is 19.3. The van der Waals surface area contributed by atoms with Crippen molar-refractivity contribution in [3.8, 4) is 40.0 Å². The van der Waals surface area contributed by atoms with Crippen LogP contribution in [-0.2, 0) is 24.1 Å². The summed E-state index contributed by atoms with van der Waals surface area (Å²) in [6.45, 7) is 2.80. The van der Waals surface area contributed by atoms with Crippen molar-refractivity contribution in [1.29, 1.82) is 0 Å². The summed E-state index contributed by atoms with van der Waals surface area (Å²) in [5.74, 6) is 5.30. The maximum absolute atomic E-state index is 13.6. The predicted octanol–water partition coefficient (Wildman–Crippen LogP) is 5.83. The number of aryl methyl sites for hydroxylation is 1. The summed E-state index contributed by atoms with van der Waals surface area (Å²) in [5, 5.41) is 14.1. The lowest BCUT2D eigenvalue weighted by Crippen LogP contribution is -2.36. The fraction of sp³-hybridized carbons (Fsp3) is 0.320. The van der Waals surface area contributed by atoms with E-state index in [0.717, 1.165) is 22.9 Å². The normalized spacial score (nSPS) is 14.9. The molecule has 5 nitrogen and oxygen atoms in total. The van der Waals surface area contributed by atoms with Crippen molar-refractivity contribution in [2.75, 3.05) is 32.8 Å². The van der Waals surface area contributed by atoms with E-state index < -0.39 is 34.4 Å². The molecule has 0 atom stereocenters. The minimum atomic E-state index is -4.77. The molecule has 3 aromatic rings. The summed E-state index contributed by atoms with van der Waals surface area (Å²) in [6.07, 6.45) is -9.50. The Kier molecular flexibility index (Phi) is 7.46. The first-order chi connectivity index (χ1) is 17.4. The van der Waals surface area contributed by atoms with Crippen LogP contribution in [0.4, 0.5) is 26.3 Å². The van der Waals surface area contributed by atoms with Gasteiger partial charge in [0.15, 0.2) is 5.69 Å². The highest BCUT2D eigenvalue weighted by atomic mass is 35.5. The van der Waals surface area contributed by atoms with Crippen LogP contribution in [-0.4, -0.2) is 52.6 Å². The Bertz CT molecular complexity index is 1370. The fourth-order valence-corrected chi connectivity index (χ4v) is 4.18. The van der Waals surface area contributed by atoms with Crippen LogP contribution >= 0.6 is 11.6 Å². The average Bonchev–Trinajstić information content (AvgIpc) is 3.22.